The fourth-order valence-corrected chi connectivity index (χ4v) is 3.49. The largest absolute Gasteiger partial charge is 0.481 e. The Labute approximate surface area is 201 Å². The maximum atomic E-state index is 13.0. The number of nitrogens with one attached hydrogen (secondary N) is 1. The van der Waals surface area contributed by atoms with E-state index in [1.165, 1.54) is 26.5 Å². The summed E-state index contributed by atoms with van der Waals surface area (Å²) >= 11 is 1.13. The quantitative estimate of drug-likeness (QED) is 0.170. The van der Waals surface area contributed by atoms with Crippen molar-refractivity contribution in [2.45, 2.75) is 43.5 Å². The lowest BCUT2D eigenvalue weighted by Gasteiger charge is -2.26. The summed E-state index contributed by atoms with van der Waals surface area (Å²) in [5.74, 6) is -0.764. The zero-order valence-electron chi connectivity index (χ0n) is 19.2. The minimum absolute atomic E-state index is 0.0608. The number of ether oxygens (including phenoxy) is 2. The Bertz CT molecular complexity index is 1030. The Morgan fingerprint density at radius 1 is 0.943 bits per heavy atom. The van der Waals surface area contributed by atoms with Gasteiger partial charge < -0.3 is 9.47 Å². The van der Waals surface area contributed by atoms with Crippen LogP contribution in [0.15, 0.2) is 34.5 Å². The van der Waals surface area contributed by atoms with Gasteiger partial charge in [0.05, 0.1) is 36.7 Å². The number of amides is 1. The first-order chi connectivity index (χ1) is 16.0. The Hall–Kier alpha value is -3.03. The number of methoxy groups -OCH3 is 2. The number of aromatic nitrogens is 2. The summed E-state index contributed by atoms with van der Waals surface area (Å²) in [4.78, 5) is 20.7. The van der Waals surface area contributed by atoms with Crippen LogP contribution in [0.3, 0.4) is 0 Å². The molecule has 0 aliphatic rings. The second-order valence-electron chi connectivity index (χ2n) is 8.15. The SMILES string of the molecule is COc1cc(OC)nc(SC(C=NNC(=O)c2cc(C(F)(F)F)cc(C(F)(F)F)c2)C(C)(C)C)n1. The van der Waals surface area contributed by atoms with Crippen LogP contribution in [0, 0.1) is 5.41 Å². The van der Waals surface area contributed by atoms with Gasteiger partial charge in [0.15, 0.2) is 5.16 Å². The van der Waals surface area contributed by atoms with Crippen molar-refractivity contribution in [3.05, 3.63) is 41.0 Å². The lowest BCUT2D eigenvalue weighted by molar-refractivity contribution is -0.143. The molecule has 0 saturated carbocycles. The molecule has 192 valence electrons. The van der Waals surface area contributed by atoms with Gasteiger partial charge in [0.2, 0.25) is 11.8 Å². The number of hydrogen-bond acceptors (Lipinski definition) is 7. The standard InChI is InChI=1S/C21H22F6N4O3S/c1-19(2,3)14(35-18-29-15(33-4)9-16(30-18)34-5)10-28-31-17(32)11-6-12(20(22,23)24)8-13(7-11)21(25,26)27/h6-10,14H,1-5H3,(H,31,32). The van der Waals surface area contributed by atoms with Gasteiger partial charge in [0.25, 0.3) is 5.91 Å². The van der Waals surface area contributed by atoms with Crippen molar-refractivity contribution in [3.63, 3.8) is 0 Å². The van der Waals surface area contributed by atoms with Gasteiger partial charge in [-0.25, -0.2) is 5.43 Å². The topological polar surface area (TPSA) is 85.7 Å². The lowest BCUT2D eigenvalue weighted by Crippen LogP contribution is -2.27. The second-order valence-corrected chi connectivity index (χ2v) is 9.26. The van der Waals surface area contributed by atoms with Crippen molar-refractivity contribution in [1.82, 2.24) is 15.4 Å². The van der Waals surface area contributed by atoms with Crippen molar-refractivity contribution in [2.24, 2.45) is 10.5 Å². The molecule has 1 aromatic carbocycles. The van der Waals surface area contributed by atoms with Crippen molar-refractivity contribution in [2.75, 3.05) is 14.2 Å². The van der Waals surface area contributed by atoms with Crippen molar-refractivity contribution < 1.29 is 40.6 Å². The summed E-state index contributed by atoms with van der Waals surface area (Å²) in [5.41, 5.74) is -2.54. The van der Waals surface area contributed by atoms with Gasteiger partial charge in [0, 0.05) is 11.8 Å². The van der Waals surface area contributed by atoms with Crippen LogP contribution in [0.2, 0.25) is 0 Å². The first-order valence-corrected chi connectivity index (χ1v) is 10.7. The van der Waals surface area contributed by atoms with Crippen LogP contribution in [0.1, 0.15) is 42.3 Å². The third-order valence-corrected chi connectivity index (χ3v) is 5.86. The fraction of sp³-hybridized carbons (Fsp3) is 0.429. The number of carbonyl (C=O) groups is 1. The molecule has 2 rings (SSSR count). The Kier molecular flexibility index (Phi) is 8.63. The zero-order valence-corrected chi connectivity index (χ0v) is 20.0. The van der Waals surface area contributed by atoms with Gasteiger partial charge in [-0.2, -0.15) is 41.4 Å². The number of thioether (sulfide) groups is 1. The van der Waals surface area contributed by atoms with Crippen molar-refractivity contribution in [3.8, 4) is 11.8 Å². The normalized spacial score (nSPS) is 13.6. The van der Waals surface area contributed by atoms with Gasteiger partial charge >= 0.3 is 12.4 Å². The highest BCUT2D eigenvalue weighted by Crippen LogP contribution is 2.37. The van der Waals surface area contributed by atoms with Gasteiger partial charge in [-0.15, -0.1) is 0 Å². The highest BCUT2D eigenvalue weighted by molar-refractivity contribution is 8.00. The molecule has 0 aliphatic carbocycles. The van der Waals surface area contributed by atoms with E-state index in [1.54, 1.807) is 0 Å². The molecule has 1 aromatic heterocycles. The Balaban J connectivity index is 2.28. The van der Waals surface area contributed by atoms with Crippen LogP contribution in [0.25, 0.3) is 0 Å². The number of hydrogen-bond donors (Lipinski definition) is 1. The third-order valence-electron chi connectivity index (χ3n) is 4.39. The van der Waals surface area contributed by atoms with E-state index in [2.05, 4.69) is 15.1 Å². The maximum absolute atomic E-state index is 13.0. The highest BCUT2D eigenvalue weighted by atomic mass is 32.2. The fourth-order valence-electron chi connectivity index (χ4n) is 2.50. The summed E-state index contributed by atoms with van der Waals surface area (Å²) in [6, 6.07) is 2.06. The van der Waals surface area contributed by atoms with E-state index in [1.807, 2.05) is 26.2 Å². The molecule has 35 heavy (non-hydrogen) atoms. The molecule has 1 unspecified atom stereocenters. The first-order valence-electron chi connectivity index (χ1n) is 9.81. The molecular formula is C21H22F6N4O3S. The minimum atomic E-state index is -5.08. The number of halogens is 6. The molecule has 1 N–H and O–H groups in total. The average Bonchev–Trinajstić information content (AvgIpc) is 2.75. The number of nitrogens with zero attached hydrogens (tertiary/aromatic N) is 3. The third kappa shape index (κ3) is 8.01. The van der Waals surface area contributed by atoms with E-state index >= 15 is 0 Å². The molecule has 2 aromatic rings. The summed E-state index contributed by atoms with van der Waals surface area (Å²) in [6.45, 7) is 5.54. The molecule has 1 heterocycles. The average molecular weight is 524 g/mol. The number of benzene rings is 1. The van der Waals surface area contributed by atoms with E-state index in [0.29, 0.717) is 12.1 Å². The van der Waals surface area contributed by atoms with Crippen LogP contribution < -0.4 is 14.9 Å². The maximum Gasteiger partial charge on any atom is 0.416 e. The zero-order chi connectivity index (χ0) is 26.6. The van der Waals surface area contributed by atoms with Crippen LogP contribution in [0.4, 0.5) is 26.3 Å². The molecule has 1 atom stereocenters. The van der Waals surface area contributed by atoms with E-state index in [-0.39, 0.29) is 23.0 Å². The Morgan fingerprint density at radius 3 is 1.83 bits per heavy atom. The monoisotopic (exact) mass is 524 g/mol. The highest BCUT2D eigenvalue weighted by Gasteiger charge is 2.37. The lowest BCUT2D eigenvalue weighted by atomic mass is 9.92. The van der Waals surface area contributed by atoms with E-state index in [4.69, 9.17) is 9.47 Å². The van der Waals surface area contributed by atoms with E-state index in [0.717, 1.165) is 11.8 Å². The molecule has 7 nitrogen and oxygen atoms in total. The number of carbonyl (C=O) groups excluding carboxylic acids is 1. The van der Waals surface area contributed by atoms with Gasteiger partial charge in [-0.1, -0.05) is 32.5 Å². The summed E-state index contributed by atoms with van der Waals surface area (Å²) < 4.78 is 88.5. The summed E-state index contributed by atoms with van der Waals surface area (Å²) in [7, 11) is 2.82. The first kappa shape index (κ1) is 28.2. The van der Waals surface area contributed by atoms with Gasteiger partial charge in [-0.3, -0.25) is 4.79 Å². The van der Waals surface area contributed by atoms with Crippen LogP contribution in [-0.2, 0) is 12.4 Å². The van der Waals surface area contributed by atoms with Crippen LogP contribution in [-0.4, -0.2) is 41.6 Å². The smallest absolute Gasteiger partial charge is 0.416 e. The molecule has 0 radical (unpaired) electrons. The minimum Gasteiger partial charge on any atom is -0.481 e. The molecule has 0 saturated heterocycles. The number of rotatable bonds is 7. The van der Waals surface area contributed by atoms with E-state index < -0.39 is 45.6 Å². The van der Waals surface area contributed by atoms with Crippen molar-refractivity contribution in [1.29, 1.82) is 0 Å². The summed E-state index contributed by atoms with van der Waals surface area (Å²) in [6.07, 6.45) is -8.87. The summed E-state index contributed by atoms with van der Waals surface area (Å²) in [5, 5.41) is 3.53. The predicted molar refractivity (Wildman–Crippen MR) is 117 cm³/mol. The Morgan fingerprint density at radius 2 is 1.43 bits per heavy atom. The number of hydrazone groups is 1. The molecule has 0 bridgehead atoms. The molecule has 14 heteroatoms. The predicted octanol–water partition coefficient (Wildman–Crippen LogP) is 5.45. The van der Waals surface area contributed by atoms with E-state index in [9.17, 15) is 31.1 Å². The number of alkyl halides is 6. The van der Waals surface area contributed by atoms with Gasteiger partial charge in [0.1, 0.15) is 0 Å². The molecule has 0 aliphatic heterocycles. The van der Waals surface area contributed by atoms with Crippen LogP contribution >= 0.6 is 11.8 Å². The van der Waals surface area contributed by atoms with Gasteiger partial charge in [-0.05, 0) is 23.6 Å². The second kappa shape index (κ2) is 10.7. The van der Waals surface area contributed by atoms with Crippen molar-refractivity contribution >= 4 is 23.9 Å². The molecule has 0 fully saturated rings. The van der Waals surface area contributed by atoms with Crippen LogP contribution in [0.5, 0.6) is 11.8 Å². The molecule has 0 spiro atoms. The molecule has 1 amide bonds. The molecular weight excluding hydrogens is 502 g/mol.